The van der Waals surface area contributed by atoms with Gasteiger partial charge in [0.2, 0.25) is 17.4 Å². The van der Waals surface area contributed by atoms with Crippen molar-refractivity contribution in [2.45, 2.75) is 39.0 Å². The quantitative estimate of drug-likeness (QED) is 0.207. The summed E-state index contributed by atoms with van der Waals surface area (Å²) in [5.41, 5.74) is -2.70. The highest BCUT2D eigenvalue weighted by atomic mass is 19.4. The molecule has 0 radical (unpaired) electrons. The molecule has 31 heavy (non-hydrogen) atoms. The molecule has 0 aliphatic carbocycles. The maximum atomic E-state index is 13.9. The van der Waals surface area contributed by atoms with Gasteiger partial charge in [0.05, 0.1) is 6.61 Å². The number of esters is 1. The second-order valence-electron chi connectivity index (χ2n) is 6.31. The zero-order valence-electron chi connectivity index (χ0n) is 16.3. The van der Waals surface area contributed by atoms with Crippen molar-refractivity contribution in [1.82, 2.24) is 0 Å². The van der Waals surface area contributed by atoms with Crippen molar-refractivity contribution in [1.29, 1.82) is 0 Å². The first-order valence-electron chi connectivity index (χ1n) is 9.01. The number of hydrogen-bond donors (Lipinski definition) is 0. The van der Waals surface area contributed by atoms with Crippen LogP contribution in [0, 0.1) is 23.3 Å². The normalized spacial score (nSPS) is 12.4. The molecule has 2 rings (SSSR count). The number of ether oxygens (including phenoxy) is 3. The van der Waals surface area contributed by atoms with Gasteiger partial charge in [0, 0.05) is 0 Å². The Morgan fingerprint density at radius 2 is 1.45 bits per heavy atom. The number of halogens is 7. The molecule has 4 nitrogen and oxygen atoms in total. The molecule has 2 aromatic rings. The fraction of sp³-hybridized carbons (Fsp3) is 0.350. The Labute approximate surface area is 172 Å². The van der Waals surface area contributed by atoms with E-state index in [4.69, 9.17) is 14.2 Å². The van der Waals surface area contributed by atoms with Crippen LogP contribution in [-0.4, -0.2) is 18.7 Å². The van der Waals surface area contributed by atoms with E-state index >= 15 is 0 Å². The third-order valence-electron chi connectivity index (χ3n) is 3.94. The maximum absolute atomic E-state index is 13.9. The number of carbonyl (C=O) groups is 1. The molecule has 0 saturated carbocycles. The van der Waals surface area contributed by atoms with Crippen molar-refractivity contribution in [2.24, 2.45) is 0 Å². The Kier molecular flexibility index (Phi) is 7.75. The summed E-state index contributed by atoms with van der Waals surface area (Å²) >= 11 is 0. The van der Waals surface area contributed by atoms with Crippen LogP contribution in [0.2, 0.25) is 0 Å². The van der Waals surface area contributed by atoms with E-state index in [0.717, 1.165) is 18.6 Å². The van der Waals surface area contributed by atoms with Crippen LogP contribution in [0.1, 0.15) is 32.3 Å². The molecule has 11 heteroatoms. The van der Waals surface area contributed by atoms with Gasteiger partial charge in [-0.1, -0.05) is 13.3 Å². The van der Waals surface area contributed by atoms with E-state index in [1.54, 1.807) is 0 Å². The van der Waals surface area contributed by atoms with E-state index in [9.17, 15) is 35.5 Å². The third-order valence-corrected chi connectivity index (χ3v) is 3.94. The second kappa shape index (κ2) is 9.88. The van der Waals surface area contributed by atoms with Crippen LogP contribution in [0.5, 0.6) is 17.2 Å². The minimum atomic E-state index is -5.65. The summed E-state index contributed by atoms with van der Waals surface area (Å²) in [5.74, 6) is -12.5. The van der Waals surface area contributed by atoms with E-state index in [1.165, 1.54) is 19.1 Å². The first kappa shape index (κ1) is 24.3. The number of unbranched alkanes of at least 4 members (excludes halogenated alkanes) is 1. The zero-order valence-corrected chi connectivity index (χ0v) is 16.3. The molecule has 0 aromatic heterocycles. The topological polar surface area (TPSA) is 44.8 Å². The highest BCUT2D eigenvalue weighted by Crippen LogP contribution is 2.40. The van der Waals surface area contributed by atoms with Crippen molar-refractivity contribution in [3.05, 3.63) is 53.1 Å². The summed E-state index contributed by atoms with van der Waals surface area (Å²) in [7, 11) is 0. The van der Waals surface area contributed by atoms with Crippen LogP contribution in [0.3, 0.4) is 0 Å². The minimum absolute atomic E-state index is 0.123. The first-order chi connectivity index (χ1) is 14.5. The van der Waals surface area contributed by atoms with Crippen LogP contribution >= 0.6 is 0 Å². The Morgan fingerprint density at radius 3 is 1.94 bits per heavy atom. The Morgan fingerprint density at radius 1 is 0.935 bits per heavy atom. The summed E-state index contributed by atoms with van der Waals surface area (Å²) in [6, 6.07) is 4.54. The summed E-state index contributed by atoms with van der Waals surface area (Å²) < 4.78 is 108. The molecule has 0 amide bonds. The number of benzene rings is 2. The largest absolute Gasteiger partial charge is 0.479 e. The molecule has 0 aliphatic heterocycles. The zero-order chi connectivity index (χ0) is 23.3. The monoisotopic (exact) mass is 454 g/mol. The maximum Gasteiger partial charge on any atom is 0.422 e. The summed E-state index contributed by atoms with van der Waals surface area (Å²) in [6.45, 7) is 3.58. The molecular formula is C20H17F7O4. The molecule has 2 aromatic carbocycles. The van der Waals surface area contributed by atoms with E-state index in [0.29, 0.717) is 6.42 Å². The van der Waals surface area contributed by atoms with Gasteiger partial charge in [0.15, 0.2) is 17.7 Å². The lowest BCUT2D eigenvalue weighted by molar-refractivity contribution is -0.151. The van der Waals surface area contributed by atoms with Crippen LogP contribution < -0.4 is 9.47 Å². The van der Waals surface area contributed by atoms with Crippen molar-refractivity contribution in [2.75, 3.05) is 6.61 Å². The summed E-state index contributed by atoms with van der Waals surface area (Å²) in [4.78, 5) is 11.8. The molecule has 0 N–H and O–H groups in total. The Balaban J connectivity index is 2.16. The van der Waals surface area contributed by atoms with Gasteiger partial charge < -0.3 is 14.2 Å². The molecule has 0 aliphatic rings. The molecule has 0 bridgehead atoms. The fourth-order valence-electron chi connectivity index (χ4n) is 2.34. The van der Waals surface area contributed by atoms with Gasteiger partial charge in [0.25, 0.3) is 0 Å². The minimum Gasteiger partial charge on any atom is -0.479 e. The molecule has 0 spiro atoms. The van der Waals surface area contributed by atoms with Gasteiger partial charge in [-0.3, -0.25) is 0 Å². The second-order valence-corrected chi connectivity index (χ2v) is 6.31. The van der Waals surface area contributed by atoms with Crippen LogP contribution in [-0.2, 0) is 15.7 Å². The van der Waals surface area contributed by atoms with Crippen molar-refractivity contribution < 1.29 is 49.7 Å². The number of hydrogen-bond acceptors (Lipinski definition) is 4. The van der Waals surface area contributed by atoms with Gasteiger partial charge in [-0.2, -0.15) is 22.0 Å². The van der Waals surface area contributed by atoms with E-state index in [1.807, 2.05) is 6.92 Å². The highest BCUT2D eigenvalue weighted by Gasteiger charge is 2.42. The van der Waals surface area contributed by atoms with E-state index in [2.05, 4.69) is 0 Å². The molecule has 0 heterocycles. The smallest absolute Gasteiger partial charge is 0.422 e. The lowest BCUT2D eigenvalue weighted by atomic mass is 10.1. The molecule has 170 valence electrons. The van der Waals surface area contributed by atoms with E-state index in [-0.39, 0.29) is 18.1 Å². The van der Waals surface area contributed by atoms with Crippen LogP contribution in [0.4, 0.5) is 30.7 Å². The third kappa shape index (κ3) is 5.80. The molecule has 0 unspecified atom stereocenters. The predicted octanol–water partition coefficient (Wildman–Crippen LogP) is 6.16. The van der Waals surface area contributed by atoms with Crippen molar-refractivity contribution in [3.8, 4) is 17.2 Å². The van der Waals surface area contributed by atoms with E-state index < -0.39 is 52.8 Å². The van der Waals surface area contributed by atoms with Crippen molar-refractivity contribution >= 4 is 5.97 Å². The van der Waals surface area contributed by atoms with Crippen LogP contribution in [0.25, 0.3) is 0 Å². The average molecular weight is 454 g/mol. The molecule has 0 saturated heterocycles. The number of alkyl halides is 3. The summed E-state index contributed by atoms with van der Waals surface area (Å²) in [5, 5.41) is 0. The number of carbonyl (C=O) groups excluding carboxylic acids is 1. The first-order valence-corrected chi connectivity index (χ1v) is 9.01. The van der Waals surface area contributed by atoms with Gasteiger partial charge in [-0.05, 0) is 37.6 Å². The lowest BCUT2D eigenvalue weighted by Gasteiger charge is -2.15. The molecule has 1 atom stereocenters. The SMILES string of the molecule is CCCCOC(=O)[C@@H](C)Oc1ccc(Oc2c(F)c(F)c(C(F)(F)F)c(F)c2F)cc1. The van der Waals surface area contributed by atoms with Gasteiger partial charge in [-0.15, -0.1) is 0 Å². The summed E-state index contributed by atoms with van der Waals surface area (Å²) in [6.07, 6.45) is -5.11. The molecule has 0 fully saturated rings. The van der Waals surface area contributed by atoms with Gasteiger partial charge in [-0.25, -0.2) is 13.6 Å². The Bertz CT molecular complexity index is 898. The van der Waals surface area contributed by atoms with Crippen molar-refractivity contribution in [3.63, 3.8) is 0 Å². The Hall–Kier alpha value is -2.98. The molecular weight excluding hydrogens is 437 g/mol. The standard InChI is InChI=1S/C20H17F7O4/c1-3-4-9-29-19(28)10(2)30-11-5-7-12(8-6-11)31-18-16(23)14(21)13(20(25,26)27)15(22)17(18)24/h5-8,10H,3-4,9H2,1-2H3/t10-/m1/s1. The van der Waals surface area contributed by atoms with Crippen LogP contribution in [0.15, 0.2) is 24.3 Å². The van der Waals surface area contributed by atoms with Gasteiger partial charge in [0.1, 0.15) is 17.1 Å². The average Bonchev–Trinajstić information content (AvgIpc) is 2.70. The lowest BCUT2D eigenvalue weighted by Crippen LogP contribution is -2.26. The fourth-order valence-corrected chi connectivity index (χ4v) is 2.34. The highest BCUT2D eigenvalue weighted by molar-refractivity contribution is 5.74. The van der Waals surface area contributed by atoms with Gasteiger partial charge >= 0.3 is 12.1 Å². The predicted molar refractivity (Wildman–Crippen MR) is 93.7 cm³/mol. The number of rotatable bonds is 8.